The molecule has 0 aliphatic heterocycles. The number of nitrogens with one attached hydrogen (secondary N) is 2. The second kappa shape index (κ2) is 5.91. The maximum absolute atomic E-state index is 13.8. The number of hydrogen-bond acceptors (Lipinski definition) is 2. The number of unbranched alkanes of at least 4 members (excludes halogenated alkanes) is 2. The lowest BCUT2D eigenvalue weighted by Crippen LogP contribution is -1.96. The van der Waals surface area contributed by atoms with Gasteiger partial charge in [-0.05, 0) is 18.4 Å². The van der Waals surface area contributed by atoms with Gasteiger partial charge in [0.05, 0.1) is 28.3 Å². The van der Waals surface area contributed by atoms with E-state index in [9.17, 15) is 4.39 Å². The van der Waals surface area contributed by atoms with Crippen molar-refractivity contribution in [1.29, 1.82) is 0 Å². The fourth-order valence-electron chi connectivity index (χ4n) is 1.93. The van der Waals surface area contributed by atoms with Crippen LogP contribution in [0, 0.1) is 10.5 Å². The van der Waals surface area contributed by atoms with Crippen LogP contribution in [0.25, 0.3) is 11.3 Å². The maximum Gasteiger partial charge on any atom is 0.201 e. The lowest BCUT2D eigenvalue weighted by molar-refractivity contribution is 0.584. The van der Waals surface area contributed by atoms with Gasteiger partial charge >= 0.3 is 0 Å². The fraction of sp³-hybridized carbons (Fsp3) is 0.385. The highest BCUT2D eigenvalue weighted by Gasteiger charge is 2.11. The highest BCUT2D eigenvalue weighted by atomic mass is 32.1. The van der Waals surface area contributed by atoms with Gasteiger partial charge in [0.2, 0.25) is 5.95 Å². The Hall–Kier alpha value is -1.49. The van der Waals surface area contributed by atoms with Crippen molar-refractivity contribution in [3.05, 3.63) is 34.7 Å². The van der Waals surface area contributed by atoms with Crippen LogP contribution in [0.15, 0.2) is 18.7 Å². The number of aryl methyl sites for hydroxylation is 1. The average molecular weight is 265 g/mol. The number of aromatic nitrogens is 3. The summed E-state index contributed by atoms with van der Waals surface area (Å²) in [6.07, 6.45) is 9.04. The first-order valence-electron chi connectivity index (χ1n) is 6.12. The van der Waals surface area contributed by atoms with Crippen molar-refractivity contribution in [1.82, 2.24) is 15.0 Å². The summed E-state index contributed by atoms with van der Waals surface area (Å²) >= 11 is 5.37. The summed E-state index contributed by atoms with van der Waals surface area (Å²) in [6.45, 7) is 2.15. The Balaban J connectivity index is 2.35. The quantitative estimate of drug-likeness (QED) is 0.487. The molecule has 3 nitrogen and oxygen atoms in total. The minimum atomic E-state index is -0.413. The van der Waals surface area contributed by atoms with Crippen molar-refractivity contribution in [2.24, 2.45) is 0 Å². The third kappa shape index (κ3) is 2.67. The number of hydrogen-bond donors (Lipinski definition) is 2. The summed E-state index contributed by atoms with van der Waals surface area (Å²) in [4.78, 5) is 9.44. The van der Waals surface area contributed by atoms with Gasteiger partial charge in [0.25, 0.3) is 0 Å². The highest BCUT2D eigenvalue weighted by molar-refractivity contribution is 7.71. The molecule has 0 bridgehead atoms. The Morgan fingerprint density at radius 2 is 2.17 bits per heavy atom. The molecular formula is C13H16FN3S. The Morgan fingerprint density at radius 3 is 2.83 bits per heavy atom. The summed E-state index contributed by atoms with van der Waals surface area (Å²) in [5, 5.41) is 0. The SMILES string of the molecule is CCCCCc1c[nH]c(F)c(-c2cnc[nH]2)c1=S. The molecule has 2 heterocycles. The Kier molecular flexibility index (Phi) is 4.25. The van der Waals surface area contributed by atoms with Crippen molar-refractivity contribution < 1.29 is 4.39 Å². The van der Waals surface area contributed by atoms with Crippen molar-refractivity contribution in [2.45, 2.75) is 32.6 Å². The summed E-state index contributed by atoms with van der Waals surface area (Å²) in [5.41, 5.74) is 2.02. The van der Waals surface area contributed by atoms with E-state index >= 15 is 0 Å². The van der Waals surface area contributed by atoms with E-state index in [2.05, 4.69) is 21.9 Å². The molecule has 5 heteroatoms. The average Bonchev–Trinajstić information content (AvgIpc) is 2.86. The van der Waals surface area contributed by atoms with Crippen LogP contribution in [0.2, 0.25) is 0 Å². The molecule has 0 saturated heterocycles. The first-order chi connectivity index (χ1) is 8.74. The lowest BCUT2D eigenvalue weighted by Gasteiger charge is -2.06. The van der Waals surface area contributed by atoms with Crippen LogP contribution in [0.1, 0.15) is 31.7 Å². The molecule has 2 aromatic heterocycles. The van der Waals surface area contributed by atoms with Crippen LogP contribution >= 0.6 is 12.2 Å². The number of imidazole rings is 1. The van der Waals surface area contributed by atoms with Crippen molar-refractivity contribution in [2.75, 3.05) is 0 Å². The van der Waals surface area contributed by atoms with Crippen molar-refractivity contribution in [3.63, 3.8) is 0 Å². The molecule has 2 aromatic rings. The second-order valence-electron chi connectivity index (χ2n) is 4.25. The van der Waals surface area contributed by atoms with E-state index in [1.807, 2.05) is 0 Å². The molecule has 0 fully saturated rings. The van der Waals surface area contributed by atoms with Gasteiger partial charge in [-0.1, -0.05) is 32.0 Å². The topological polar surface area (TPSA) is 44.5 Å². The van der Waals surface area contributed by atoms with Crippen LogP contribution in [-0.4, -0.2) is 15.0 Å². The third-order valence-electron chi connectivity index (χ3n) is 2.93. The van der Waals surface area contributed by atoms with Gasteiger partial charge in [-0.2, -0.15) is 4.39 Å². The Labute approximate surface area is 110 Å². The van der Waals surface area contributed by atoms with Gasteiger partial charge in [-0.3, -0.25) is 0 Å². The van der Waals surface area contributed by atoms with Gasteiger partial charge in [0.1, 0.15) is 0 Å². The summed E-state index contributed by atoms with van der Waals surface area (Å²) in [5.74, 6) is -0.413. The zero-order valence-electron chi connectivity index (χ0n) is 10.3. The van der Waals surface area contributed by atoms with Gasteiger partial charge in [0, 0.05) is 6.20 Å². The molecule has 0 saturated carbocycles. The molecule has 2 rings (SSSR count). The number of aromatic amines is 2. The zero-order chi connectivity index (χ0) is 13.0. The number of nitrogens with zero attached hydrogens (tertiary/aromatic N) is 1. The predicted molar refractivity (Wildman–Crippen MR) is 72.4 cm³/mol. The summed E-state index contributed by atoms with van der Waals surface area (Å²) < 4.78 is 14.4. The molecule has 0 aromatic carbocycles. The van der Waals surface area contributed by atoms with Gasteiger partial charge in [-0.15, -0.1) is 0 Å². The zero-order valence-corrected chi connectivity index (χ0v) is 11.1. The fourth-order valence-corrected chi connectivity index (χ4v) is 2.29. The van der Waals surface area contributed by atoms with Crippen molar-refractivity contribution >= 4 is 12.2 Å². The molecule has 18 heavy (non-hydrogen) atoms. The van der Waals surface area contributed by atoms with E-state index in [-0.39, 0.29) is 0 Å². The largest absolute Gasteiger partial charge is 0.344 e. The molecule has 0 unspecified atom stereocenters. The molecule has 0 aliphatic carbocycles. The van der Waals surface area contributed by atoms with E-state index < -0.39 is 5.95 Å². The normalized spacial score (nSPS) is 10.8. The van der Waals surface area contributed by atoms with Crippen LogP contribution in [-0.2, 0) is 6.42 Å². The molecule has 2 N–H and O–H groups in total. The van der Waals surface area contributed by atoms with Crippen LogP contribution in [0.4, 0.5) is 4.39 Å². The molecule has 0 radical (unpaired) electrons. The van der Waals surface area contributed by atoms with Crippen LogP contribution < -0.4 is 0 Å². The predicted octanol–water partition coefficient (Wildman–Crippen LogP) is 4.01. The van der Waals surface area contributed by atoms with Gasteiger partial charge in [0.15, 0.2) is 0 Å². The Morgan fingerprint density at radius 1 is 1.33 bits per heavy atom. The van der Waals surface area contributed by atoms with E-state index in [1.165, 1.54) is 6.33 Å². The number of rotatable bonds is 5. The lowest BCUT2D eigenvalue weighted by atomic mass is 10.1. The highest BCUT2D eigenvalue weighted by Crippen LogP contribution is 2.23. The molecule has 0 aliphatic rings. The van der Waals surface area contributed by atoms with Crippen LogP contribution in [0.3, 0.4) is 0 Å². The summed E-state index contributed by atoms with van der Waals surface area (Å²) in [7, 11) is 0. The minimum absolute atomic E-state index is 0.413. The van der Waals surface area contributed by atoms with E-state index in [1.54, 1.807) is 12.4 Å². The van der Waals surface area contributed by atoms with Crippen LogP contribution in [0.5, 0.6) is 0 Å². The van der Waals surface area contributed by atoms with E-state index in [0.717, 1.165) is 31.2 Å². The smallest absolute Gasteiger partial charge is 0.201 e. The standard InChI is InChI=1S/C13H16FN3S/c1-2-3-4-5-9-6-16-13(14)11(12(9)18)10-7-15-8-17-10/h6-8H,2-5H2,1H3,(H,15,17)(H,16,18). The maximum atomic E-state index is 13.8. The first-order valence-corrected chi connectivity index (χ1v) is 6.53. The van der Waals surface area contributed by atoms with E-state index in [4.69, 9.17) is 12.2 Å². The first kappa shape index (κ1) is 13.0. The third-order valence-corrected chi connectivity index (χ3v) is 3.39. The van der Waals surface area contributed by atoms with Gasteiger partial charge < -0.3 is 9.97 Å². The van der Waals surface area contributed by atoms with E-state index in [0.29, 0.717) is 15.8 Å². The summed E-state index contributed by atoms with van der Waals surface area (Å²) in [6, 6.07) is 0. The molecule has 0 spiro atoms. The van der Waals surface area contributed by atoms with Crippen molar-refractivity contribution in [3.8, 4) is 11.3 Å². The minimum Gasteiger partial charge on any atom is -0.344 e. The molecule has 0 amide bonds. The molecule has 96 valence electrons. The number of halogens is 1. The van der Waals surface area contributed by atoms with Gasteiger partial charge in [-0.25, -0.2) is 4.98 Å². The molecule has 0 atom stereocenters. The molecular weight excluding hydrogens is 249 g/mol. The number of H-pyrrole nitrogens is 2. The second-order valence-corrected chi connectivity index (χ2v) is 4.66. The Bertz CT molecular complexity index is 560. The number of pyridine rings is 1. The monoisotopic (exact) mass is 265 g/mol.